The fourth-order valence-electron chi connectivity index (χ4n) is 3.77. The standard InChI is InChI=1S/C23H28N4O5S/c1-23(2,3)32-22(28)26-13-11-16(12-14-26)27-21-10-7-18(15-20(21)24-25-27)31-17-5-8-19(9-6-17)33(4,29)30/h5-10,15-16H,11-14H2,1-4H3. The third-order valence-electron chi connectivity index (χ3n) is 5.39. The van der Waals surface area contributed by atoms with E-state index in [0.29, 0.717) is 30.1 Å². The summed E-state index contributed by atoms with van der Waals surface area (Å²) >= 11 is 0. The first-order valence-electron chi connectivity index (χ1n) is 10.8. The highest BCUT2D eigenvalue weighted by Gasteiger charge is 2.28. The first-order valence-corrected chi connectivity index (χ1v) is 12.7. The Kier molecular flexibility index (Phi) is 6.04. The van der Waals surface area contributed by atoms with Crippen LogP contribution in [0.3, 0.4) is 0 Å². The normalized spacial score (nSPS) is 15.6. The number of aromatic nitrogens is 3. The quantitative estimate of drug-likeness (QED) is 0.560. The van der Waals surface area contributed by atoms with Gasteiger partial charge in [0.25, 0.3) is 0 Å². The van der Waals surface area contributed by atoms with Crippen molar-refractivity contribution in [3.63, 3.8) is 0 Å². The van der Waals surface area contributed by atoms with Crippen LogP contribution in [0.1, 0.15) is 39.7 Å². The van der Waals surface area contributed by atoms with Crippen LogP contribution in [-0.2, 0) is 14.6 Å². The van der Waals surface area contributed by atoms with Gasteiger partial charge >= 0.3 is 6.09 Å². The minimum atomic E-state index is -3.25. The largest absolute Gasteiger partial charge is 0.457 e. The van der Waals surface area contributed by atoms with E-state index in [4.69, 9.17) is 9.47 Å². The Morgan fingerprint density at radius 3 is 2.27 bits per heavy atom. The van der Waals surface area contributed by atoms with Crippen LogP contribution in [0.25, 0.3) is 11.0 Å². The molecule has 10 heteroatoms. The molecular formula is C23H28N4O5S. The number of hydrogen-bond acceptors (Lipinski definition) is 7. The van der Waals surface area contributed by atoms with Crippen LogP contribution in [0, 0.1) is 0 Å². The van der Waals surface area contributed by atoms with Crippen molar-refractivity contribution in [3.05, 3.63) is 42.5 Å². The van der Waals surface area contributed by atoms with Crippen LogP contribution >= 0.6 is 0 Å². The van der Waals surface area contributed by atoms with E-state index in [2.05, 4.69) is 10.3 Å². The number of likely N-dealkylation sites (tertiary alicyclic amines) is 1. The van der Waals surface area contributed by atoms with Crippen LogP contribution < -0.4 is 4.74 Å². The fraction of sp³-hybridized carbons (Fsp3) is 0.435. The van der Waals surface area contributed by atoms with Gasteiger partial charge in [-0.2, -0.15) is 0 Å². The molecule has 9 nitrogen and oxygen atoms in total. The Labute approximate surface area is 193 Å². The van der Waals surface area contributed by atoms with Gasteiger partial charge in [-0.1, -0.05) is 5.21 Å². The molecule has 1 amide bonds. The predicted molar refractivity (Wildman–Crippen MR) is 123 cm³/mol. The lowest BCUT2D eigenvalue weighted by Gasteiger charge is -2.33. The van der Waals surface area contributed by atoms with E-state index in [1.807, 2.05) is 37.6 Å². The molecule has 0 atom stereocenters. The summed E-state index contributed by atoms with van der Waals surface area (Å²) in [5.74, 6) is 1.12. The summed E-state index contributed by atoms with van der Waals surface area (Å²) in [6, 6.07) is 12.0. The van der Waals surface area contributed by atoms with Crippen LogP contribution in [-0.4, -0.2) is 59.4 Å². The lowest BCUT2D eigenvalue weighted by Crippen LogP contribution is -2.42. The summed E-state index contributed by atoms with van der Waals surface area (Å²) in [5, 5.41) is 8.64. The Hall–Kier alpha value is -3.14. The zero-order valence-corrected chi connectivity index (χ0v) is 20.0. The third kappa shape index (κ3) is 5.44. The number of fused-ring (bicyclic) bond motifs is 1. The Balaban J connectivity index is 1.43. The van der Waals surface area contributed by atoms with Crippen molar-refractivity contribution in [2.45, 2.75) is 50.2 Å². The molecule has 0 unspecified atom stereocenters. The molecule has 0 aliphatic carbocycles. The molecule has 2 aromatic carbocycles. The second-order valence-electron chi connectivity index (χ2n) is 9.23. The number of nitrogens with zero attached hydrogens (tertiary/aromatic N) is 4. The first-order chi connectivity index (χ1) is 15.5. The van der Waals surface area contributed by atoms with Gasteiger partial charge in [0.05, 0.1) is 16.5 Å². The summed E-state index contributed by atoms with van der Waals surface area (Å²) in [7, 11) is -3.25. The van der Waals surface area contributed by atoms with Crippen molar-refractivity contribution in [1.29, 1.82) is 0 Å². The van der Waals surface area contributed by atoms with Crippen LogP contribution in [0.4, 0.5) is 4.79 Å². The highest BCUT2D eigenvalue weighted by Crippen LogP contribution is 2.29. The number of ether oxygens (including phenoxy) is 2. The molecule has 0 N–H and O–H groups in total. The summed E-state index contributed by atoms with van der Waals surface area (Å²) in [6.45, 7) is 6.79. The number of amides is 1. The topological polar surface area (TPSA) is 104 Å². The maximum absolute atomic E-state index is 12.3. The van der Waals surface area contributed by atoms with Crippen molar-refractivity contribution in [2.75, 3.05) is 19.3 Å². The maximum Gasteiger partial charge on any atom is 0.410 e. The number of rotatable bonds is 4. The molecule has 2 heterocycles. The minimum Gasteiger partial charge on any atom is -0.457 e. The lowest BCUT2D eigenvalue weighted by molar-refractivity contribution is 0.0185. The highest BCUT2D eigenvalue weighted by atomic mass is 32.2. The van der Waals surface area contributed by atoms with E-state index in [0.717, 1.165) is 18.4 Å². The van der Waals surface area contributed by atoms with Crippen molar-refractivity contribution in [1.82, 2.24) is 19.9 Å². The van der Waals surface area contributed by atoms with E-state index in [1.54, 1.807) is 23.1 Å². The molecule has 1 aromatic heterocycles. The fourth-order valence-corrected chi connectivity index (χ4v) is 4.40. The smallest absolute Gasteiger partial charge is 0.410 e. The highest BCUT2D eigenvalue weighted by molar-refractivity contribution is 7.90. The molecule has 4 rings (SSSR count). The van der Waals surface area contributed by atoms with Gasteiger partial charge in [-0.05, 0) is 70.0 Å². The zero-order valence-electron chi connectivity index (χ0n) is 19.2. The average molecular weight is 473 g/mol. The Bertz CT molecular complexity index is 1250. The first kappa shape index (κ1) is 23.0. The van der Waals surface area contributed by atoms with Gasteiger partial charge in [-0.15, -0.1) is 5.10 Å². The SMILES string of the molecule is CC(C)(C)OC(=O)N1CCC(n2nnc3cc(Oc4ccc(S(C)(=O)=O)cc4)ccc32)CC1. The average Bonchev–Trinajstić information content (AvgIpc) is 3.15. The van der Waals surface area contributed by atoms with Crippen molar-refractivity contribution in [2.24, 2.45) is 0 Å². The second-order valence-corrected chi connectivity index (χ2v) is 11.2. The van der Waals surface area contributed by atoms with Crippen LogP contribution in [0.2, 0.25) is 0 Å². The van der Waals surface area contributed by atoms with E-state index in [-0.39, 0.29) is 17.0 Å². The molecule has 0 spiro atoms. The van der Waals surface area contributed by atoms with E-state index < -0.39 is 15.4 Å². The molecule has 33 heavy (non-hydrogen) atoms. The molecule has 176 valence electrons. The van der Waals surface area contributed by atoms with Crippen molar-refractivity contribution >= 4 is 27.0 Å². The Morgan fingerprint density at radius 2 is 1.67 bits per heavy atom. The summed E-state index contributed by atoms with van der Waals surface area (Å²) in [4.78, 5) is 14.3. The molecule has 0 radical (unpaired) electrons. The number of sulfone groups is 1. The molecule has 3 aromatic rings. The molecule has 0 saturated carbocycles. The number of piperidine rings is 1. The van der Waals surface area contributed by atoms with Crippen molar-refractivity contribution < 1.29 is 22.7 Å². The molecule has 1 aliphatic heterocycles. The molecule has 1 saturated heterocycles. The number of hydrogen-bond donors (Lipinski definition) is 0. The molecule has 0 bridgehead atoms. The summed E-state index contributed by atoms with van der Waals surface area (Å²) < 4.78 is 36.4. The predicted octanol–water partition coefficient (Wildman–Crippen LogP) is 4.20. The Morgan fingerprint density at radius 1 is 1.03 bits per heavy atom. The van der Waals surface area contributed by atoms with Gasteiger partial charge in [0, 0.05) is 25.4 Å². The summed E-state index contributed by atoms with van der Waals surface area (Å²) in [6.07, 6.45) is 2.42. The zero-order chi connectivity index (χ0) is 23.8. The minimum absolute atomic E-state index is 0.143. The van der Waals surface area contributed by atoms with E-state index in [9.17, 15) is 13.2 Å². The van der Waals surface area contributed by atoms with Gasteiger partial charge in [0.2, 0.25) is 0 Å². The van der Waals surface area contributed by atoms with Gasteiger partial charge in [0.15, 0.2) is 9.84 Å². The van der Waals surface area contributed by atoms with Crippen molar-refractivity contribution in [3.8, 4) is 11.5 Å². The van der Waals surface area contributed by atoms with Gasteiger partial charge in [-0.25, -0.2) is 17.9 Å². The molecule has 1 fully saturated rings. The van der Waals surface area contributed by atoms with E-state index in [1.165, 1.54) is 18.4 Å². The van der Waals surface area contributed by atoms with E-state index >= 15 is 0 Å². The number of carbonyl (C=O) groups excluding carboxylic acids is 1. The maximum atomic E-state index is 12.3. The second kappa shape index (κ2) is 8.66. The number of carbonyl (C=O) groups is 1. The summed E-state index contributed by atoms with van der Waals surface area (Å²) in [5.41, 5.74) is 1.09. The monoisotopic (exact) mass is 472 g/mol. The van der Waals surface area contributed by atoms with Gasteiger partial charge < -0.3 is 14.4 Å². The van der Waals surface area contributed by atoms with Gasteiger partial charge in [-0.3, -0.25) is 0 Å². The molecule has 1 aliphatic rings. The van der Waals surface area contributed by atoms with Gasteiger partial charge in [0.1, 0.15) is 22.6 Å². The third-order valence-corrected chi connectivity index (χ3v) is 6.52. The molecular weight excluding hydrogens is 444 g/mol. The lowest BCUT2D eigenvalue weighted by atomic mass is 10.1. The van der Waals surface area contributed by atoms with Crippen LogP contribution in [0.15, 0.2) is 47.4 Å². The van der Waals surface area contributed by atoms with Crippen LogP contribution in [0.5, 0.6) is 11.5 Å². The number of benzene rings is 2.